The van der Waals surface area contributed by atoms with Crippen LogP contribution < -0.4 is 5.32 Å². The summed E-state index contributed by atoms with van der Waals surface area (Å²) in [6.45, 7) is 5.44. The van der Waals surface area contributed by atoms with Crippen molar-refractivity contribution in [2.75, 3.05) is 6.54 Å². The summed E-state index contributed by atoms with van der Waals surface area (Å²) in [5, 5.41) is 3.51. The van der Waals surface area contributed by atoms with Gasteiger partial charge >= 0.3 is 0 Å². The number of hydrogen-bond donors (Lipinski definition) is 1. The van der Waals surface area contributed by atoms with Gasteiger partial charge in [0.05, 0.1) is 0 Å². The second-order valence-corrected chi connectivity index (χ2v) is 3.83. The Balaban J connectivity index is 2.33. The smallest absolute Gasteiger partial charge is 0.115 e. The van der Waals surface area contributed by atoms with Crippen LogP contribution in [0.1, 0.15) is 38.7 Å². The summed E-state index contributed by atoms with van der Waals surface area (Å²) >= 11 is 0. The van der Waals surface area contributed by atoms with E-state index in [1.165, 1.54) is 24.8 Å². The first-order valence-corrected chi connectivity index (χ1v) is 5.84. The SMILES string of the molecule is CCCC(CCc1cncnc1)NCC. The summed E-state index contributed by atoms with van der Waals surface area (Å²) in [4.78, 5) is 8.05. The Hall–Kier alpha value is -0.960. The molecule has 15 heavy (non-hydrogen) atoms. The Morgan fingerprint density at radius 1 is 1.20 bits per heavy atom. The summed E-state index contributed by atoms with van der Waals surface area (Å²) in [5.74, 6) is 0. The zero-order chi connectivity index (χ0) is 10.9. The van der Waals surface area contributed by atoms with Gasteiger partial charge in [-0.2, -0.15) is 0 Å². The average Bonchev–Trinajstić information content (AvgIpc) is 2.28. The van der Waals surface area contributed by atoms with Gasteiger partial charge in [0, 0.05) is 18.4 Å². The maximum absolute atomic E-state index is 4.02. The van der Waals surface area contributed by atoms with E-state index in [1.54, 1.807) is 6.33 Å². The topological polar surface area (TPSA) is 37.8 Å². The van der Waals surface area contributed by atoms with Gasteiger partial charge in [0.1, 0.15) is 6.33 Å². The molecule has 3 nitrogen and oxygen atoms in total. The van der Waals surface area contributed by atoms with Crippen molar-refractivity contribution >= 4 is 0 Å². The van der Waals surface area contributed by atoms with E-state index in [0.717, 1.165) is 13.0 Å². The quantitative estimate of drug-likeness (QED) is 0.744. The van der Waals surface area contributed by atoms with Crippen molar-refractivity contribution in [3.63, 3.8) is 0 Å². The molecule has 1 atom stereocenters. The average molecular weight is 207 g/mol. The Morgan fingerprint density at radius 2 is 1.93 bits per heavy atom. The number of rotatable bonds is 7. The molecule has 0 bridgehead atoms. The number of nitrogens with one attached hydrogen (secondary N) is 1. The molecular weight excluding hydrogens is 186 g/mol. The van der Waals surface area contributed by atoms with Crippen molar-refractivity contribution in [2.45, 2.75) is 45.6 Å². The largest absolute Gasteiger partial charge is 0.314 e. The van der Waals surface area contributed by atoms with Crippen molar-refractivity contribution in [1.82, 2.24) is 15.3 Å². The van der Waals surface area contributed by atoms with Crippen LogP contribution in [-0.2, 0) is 6.42 Å². The summed E-state index contributed by atoms with van der Waals surface area (Å²) in [5.41, 5.74) is 1.23. The summed E-state index contributed by atoms with van der Waals surface area (Å²) in [6, 6.07) is 0.639. The van der Waals surface area contributed by atoms with E-state index in [-0.39, 0.29) is 0 Å². The molecule has 0 radical (unpaired) electrons. The normalized spacial score (nSPS) is 12.7. The van der Waals surface area contributed by atoms with E-state index in [0.29, 0.717) is 6.04 Å². The Labute approximate surface area is 92.3 Å². The van der Waals surface area contributed by atoms with Gasteiger partial charge in [-0.05, 0) is 31.4 Å². The molecule has 84 valence electrons. The third-order valence-corrected chi connectivity index (χ3v) is 2.53. The van der Waals surface area contributed by atoms with Crippen LogP contribution in [0.2, 0.25) is 0 Å². The van der Waals surface area contributed by atoms with Crippen molar-refractivity contribution in [2.24, 2.45) is 0 Å². The van der Waals surface area contributed by atoms with Gasteiger partial charge in [-0.25, -0.2) is 9.97 Å². The molecular formula is C12H21N3. The lowest BCUT2D eigenvalue weighted by atomic mass is 10.0. The minimum Gasteiger partial charge on any atom is -0.314 e. The molecule has 1 N–H and O–H groups in total. The zero-order valence-corrected chi connectivity index (χ0v) is 9.74. The summed E-state index contributed by atoms with van der Waals surface area (Å²) in [7, 11) is 0. The van der Waals surface area contributed by atoms with Crippen molar-refractivity contribution in [1.29, 1.82) is 0 Å². The Morgan fingerprint density at radius 3 is 2.53 bits per heavy atom. The Bertz CT molecular complexity index is 242. The third-order valence-electron chi connectivity index (χ3n) is 2.53. The predicted molar refractivity (Wildman–Crippen MR) is 62.7 cm³/mol. The van der Waals surface area contributed by atoms with E-state index < -0.39 is 0 Å². The summed E-state index contributed by atoms with van der Waals surface area (Å²) in [6.07, 6.45) is 10.1. The van der Waals surface area contributed by atoms with Gasteiger partial charge in [-0.15, -0.1) is 0 Å². The van der Waals surface area contributed by atoms with Crippen LogP contribution in [0, 0.1) is 0 Å². The standard InChI is InChI=1S/C12H21N3/c1-3-5-12(15-4-2)7-6-11-8-13-10-14-9-11/h8-10,12,15H,3-7H2,1-2H3. The fourth-order valence-electron chi connectivity index (χ4n) is 1.79. The summed E-state index contributed by atoms with van der Waals surface area (Å²) < 4.78 is 0. The van der Waals surface area contributed by atoms with Gasteiger partial charge < -0.3 is 5.32 Å². The number of nitrogens with zero attached hydrogens (tertiary/aromatic N) is 2. The van der Waals surface area contributed by atoms with Crippen LogP contribution in [0.5, 0.6) is 0 Å². The molecule has 0 aliphatic rings. The second kappa shape index (κ2) is 7.35. The molecule has 0 saturated carbocycles. The molecule has 1 rings (SSSR count). The van der Waals surface area contributed by atoms with E-state index in [1.807, 2.05) is 12.4 Å². The number of hydrogen-bond acceptors (Lipinski definition) is 3. The van der Waals surface area contributed by atoms with Crippen LogP contribution in [-0.4, -0.2) is 22.6 Å². The highest BCUT2D eigenvalue weighted by molar-refractivity contribution is 5.02. The first kappa shape index (κ1) is 12.1. The van der Waals surface area contributed by atoms with E-state index >= 15 is 0 Å². The van der Waals surface area contributed by atoms with Gasteiger partial charge in [0.15, 0.2) is 0 Å². The lowest BCUT2D eigenvalue weighted by molar-refractivity contribution is 0.459. The van der Waals surface area contributed by atoms with Crippen molar-refractivity contribution in [3.05, 3.63) is 24.3 Å². The first-order chi connectivity index (χ1) is 7.36. The van der Waals surface area contributed by atoms with Crippen molar-refractivity contribution in [3.8, 4) is 0 Å². The van der Waals surface area contributed by atoms with Gasteiger partial charge in [0.2, 0.25) is 0 Å². The van der Waals surface area contributed by atoms with Crippen LogP contribution in [0.15, 0.2) is 18.7 Å². The molecule has 1 aromatic heterocycles. The number of aryl methyl sites for hydroxylation is 1. The number of aromatic nitrogens is 2. The molecule has 3 heteroatoms. The van der Waals surface area contributed by atoms with Crippen LogP contribution in [0.4, 0.5) is 0 Å². The molecule has 0 aromatic carbocycles. The highest BCUT2D eigenvalue weighted by Crippen LogP contribution is 2.06. The van der Waals surface area contributed by atoms with Crippen molar-refractivity contribution < 1.29 is 0 Å². The van der Waals surface area contributed by atoms with Crippen LogP contribution in [0.25, 0.3) is 0 Å². The minimum absolute atomic E-state index is 0.639. The zero-order valence-electron chi connectivity index (χ0n) is 9.74. The molecule has 0 aliphatic carbocycles. The van der Waals surface area contributed by atoms with Gasteiger partial charge in [-0.3, -0.25) is 0 Å². The van der Waals surface area contributed by atoms with Crippen LogP contribution >= 0.6 is 0 Å². The van der Waals surface area contributed by atoms with Crippen LogP contribution in [0.3, 0.4) is 0 Å². The highest BCUT2D eigenvalue weighted by Gasteiger charge is 2.05. The fraction of sp³-hybridized carbons (Fsp3) is 0.667. The van der Waals surface area contributed by atoms with E-state index in [9.17, 15) is 0 Å². The van der Waals surface area contributed by atoms with E-state index in [2.05, 4.69) is 29.1 Å². The fourth-order valence-corrected chi connectivity index (χ4v) is 1.79. The molecule has 1 unspecified atom stereocenters. The maximum Gasteiger partial charge on any atom is 0.115 e. The maximum atomic E-state index is 4.02. The molecule has 1 aromatic rings. The molecule has 1 heterocycles. The lowest BCUT2D eigenvalue weighted by Gasteiger charge is -2.16. The second-order valence-electron chi connectivity index (χ2n) is 3.83. The molecule has 0 fully saturated rings. The monoisotopic (exact) mass is 207 g/mol. The first-order valence-electron chi connectivity index (χ1n) is 5.84. The molecule has 0 spiro atoms. The third kappa shape index (κ3) is 4.88. The highest BCUT2D eigenvalue weighted by atomic mass is 14.9. The lowest BCUT2D eigenvalue weighted by Crippen LogP contribution is -2.29. The molecule has 0 saturated heterocycles. The Kier molecular flexibility index (Phi) is 5.93. The van der Waals surface area contributed by atoms with Gasteiger partial charge in [0.25, 0.3) is 0 Å². The molecule has 0 aliphatic heterocycles. The van der Waals surface area contributed by atoms with Gasteiger partial charge in [-0.1, -0.05) is 20.3 Å². The minimum atomic E-state index is 0.639. The predicted octanol–water partition coefficient (Wildman–Crippen LogP) is 2.19. The molecule has 0 amide bonds. The van der Waals surface area contributed by atoms with E-state index in [4.69, 9.17) is 0 Å².